The van der Waals surface area contributed by atoms with E-state index in [-0.39, 0.29) is 0 Å². The molecule has 138 valence electrons. The minimum absolute atomic E-state index is 1.00. The van der Waals surface area contributed by atoms with Crippen molar-refractivity contribution in [3.63, 3.8) is 0 Å². The molecule has 0 N–H and O–H groups in total. The van der Waals surface area contributed by atoms with Crippen LogP contribution in [0.3, 0.4) is 0 Å². The lowest BCUT2D eigenvalue weighted by Crippen LogP contribution is -2.03. The molecule has 0 atom stereocenters. The molecule has 0 aromatic carbocycles. The molecule has 1 saturated carbocycles. The summed E-state index contributed by atoms with van der Waals surface area (Å²) < 4.78 is 0. The van der Waals surface area contributed by atoms with E-state index in [1.165, 1.54) is 44.6 Å². The van der Waals surface area contributed by atoms with Crippen molar-refractivity contribution in [1.29, 1.82) is 0 Å². The van der Waals surface area contributed by atoms with Gasteiger partial charge in [0.1, 0.15) is 0 Å². The van der Waals surface area contributed by atoms with E-state index in [0.717, 1.165) is 38.5 Å². The highest BCUT2D eigenvalue weighted by Gasteiger charge is 2.21. The van der Waals surface area contributed by atoms with Crippen molar-refractivity contribution in [3.8, 4) is 0 Å². The second kappa shape index (κ2) is 7.64. The molecular formula is C28H26. The maximum absolute atomic E-state index is 2.48. The van der Waals surface area contributed by atoms with Gasteiger partial charge in [-0.15, -0.1) is 0 Å². The van der Waals surface area contributed by atoms with Crippen molar-refractivity contribution >= 4 is 0 Å². The van der Waals surface area contributed by atoms with Crippen molar-refractivity contribution in [2.75, 3.05) is 0 Å². The standard InChI is InChI=1S/C28H26/c1-2-10-22-17-21(9-1)23-11-3-4-13-25(18-23)27-15-7-8-16-28(20-27)26-14-6-5-12-24(22)19-26/h1-6,9-16H,7-8,17-20H2. The number of hydrogen-bond donors (Lipinski definition) is 0. The first-order chi connectivity index (χ1) is 13.9. The van der Waals surface area contributed by atoms with E-state index < -0.39 is 0 Å². The molecule has 5 aliphatic rings. The van der Waals surface area contributed by atoms with Crippen LogP contribution in [0.25, 0.3) is 0 Å². The first-order valence-corrected chi connectivity index (χ1v) is 10.5. The molecule has 0 amide bonds. The molecule has 5 aliphatic carbocycles. The van der Waals surface area contributed by atoms with Crippen molar-refractivity contribution in [2.45, 2.75) is 38.5 Å². The van der Waals surface area contributed by atoms with E-state index in [2.05, 4.69) is 85.1 Å². The minimum atomic E-state index is 1.00. The molecule has 0 radical (unpaired) electrons. The number of hydrogen-bond acceptors (Lipinski definition) is 0. The average molecular weight is 363 g/mol. The van der Waals surface area contributed by atoms with Crippen LogP contribution in [0.2, 0.25) is 0 Å². The number of fused-ring (bicyclic) bond motifs is 12. The SMILES string of the molecule is C1=CC=C2CC(=C1)C1=CC=CC=C(C1)C1=CCCC=C(C1)C1=CC=CC=C2C1. The van der Waals surface area contributed by atoms with Crippen LogP contribution in [0.15, 0.2) is 130 Å². The fourth-order valence-electron chi connectivity index (χ4n) is 4.68. The Labute approximate surface area is 168 Å². The largest absolute Gasteiger partial charge is 0.0804 e. The maximum Gasteiger partial charge on any atom is -0.00201 e. The van der Waals surface area contributed by atoms with Gasteiger partial charge in [-0.05, 0) is 83.1 Å². The molecule has 0 aromatic heterocycles. The minimum Gasteiger partial charge on any atom is -0.0804 e. The van der Waals surface area contributed by atoms with Gasteiger partial charge in [0.25, 0.3) is 0 Å². The van der Waals surface area contributed by atoms with Gasteiger partial charge in [0.2, 0.25) is 0 Å². The van der Waals surface area contributed by atoms with Gasteiger partial charge in [0.05, 0.1) is 0 Å². The molecule has 0 nitrogen and oxygen atoms in total. The van der Waals surface area contributed by atoms with Crippen molar-refractivity contribution in [3.05, 3.63) is 130 Å². The van der Waals surface area contributed by atoms with Crippen LogP contribution in [0.5, 0.6) is 0 Å². The fourth-order valence-corrected chi connectivity index (χ4v) is 4.68. The van der Waals surface area contributed by atoms with Gasteiger partial charge in [0.15, 0.2) is 0 Å². The summed E-state index contributed by atoms with van der Waals surface area (Å²) in [6.07, 6.45) is 38.5. The second-order valence-corrected chi connectivity index (χ2v) is 8.05. The van der Waals surface area contributed by atoms with E-state index in [4.69, 9.17) is 0 Å². The molecule has 1 fully saturated rings. The molecule has 28 heavy (non-hydrogen) atoms. The zero-order valence-electron chi connectivity index (χ0n) is 16.3. The predicted octanol–water partition coefficient (Wildman–Crippen LogP) is 7.47. The molecule has 8 bridgehead atoms. The highest BCUT2D eigenvalue weighted by Crippen LogP contribution is 2.40. The second-order valence-electron chi connectivity index (χ2n) is 8.05. The summed E-state index contributed by atoms with van der Waals surface area (Å²) in [5, 5.41) is 0. The topological polar surface area (TPSA) is 0 Å². The van der Waals surface area contributed by atoms with Gasteiger partial charge in [-0.3, -0.25) is 0 Å². The quantitative estimate of drug-likeness (QED) is 0.419. The normalized spacial score (nSPS) is 23.4. The zero-order valence-corrected chi connectivity index (χ0v) is 16.3. The first-order valence-electron chi connectivity index (χ1n) is 10.5. The van der Waals surface area contributed by atoms with Crippen LogP contribution < -0.4 is 0 Å². The third-order valence-corrected chi connectivity index (χ3v) is 6.24. The zero-order chi connectivity index (χ0) is 18.8. The lowest BCUT2D eigenvalue weighted by atomic mass is 9.83. The van der Waals surface area contributed by atoms with E-state index >= 15 is 0 Å². The number of rotatable bonds is 0. The molecule has 0 saturated heterocycles. The fraction of sp³-hybridized carbons (Fsp3) is 0.214. The van der Waals surface area contributed by atoms with Crippen LogP contribution >= 0.6 is 0 Å². The lowest BCUT2D eigenvalue weighted by Gasteiger charge is -2.22. The highest BCUT2D eigenvalue weighted by molar-refractivity contribution is 5.57. The van der Waals surface area contributed by atoms with Crippen LogP contribution in [0, 0.1) is 0 Å². The summed E-state index contributed by atoms with van der Waals surface area (Å²) in [5.41, 5.74) is 11.8. The van der Waals surface area contributed by atoms with Crippen LogP contribution in [-0.4, -0.2) is 0 Å². The first kappa shape index (κ1) is 17.3. The van der Waals surface area contributed by atoms with E-state index in [9.17, 15) is 0 Å². The van der Waals surface area contributed by atoms with Gasteiger partial charge >= 0.3 is 0 Å². The predicted molar refractivity (Wildman–Crippen MR) is 120 cm³/mol. The van der Waals surface area contributed by atoms with E-state index in [0.29, 0.717) is 0 Å². The third-order valence-electron chi connectivity index (χ3n) is 6.24. The molecule has 0 heterocycles. The Morgan fingerprint density at radius 3 is 0.893 bits per heavy atom. The summed E-state index contributed by atoms with van der Waals surface area (Å²) in [5.74, 6) is 0. The van der Waals surface area contributed by atoms with Crippen molar-refractivity contribution in [1.82, 2.24) is 0 Å². The Morgan fingerprint density at radius 2 is 0.571 bits per heavy atom. The summed E-state index contributed by atoms with van der Waals surface area (Å²) in [4.78, 5) is 0. The molecular weight excluding hydrogens is 336 g/mol. The van der Waals surface area contributed by atoms with E-state index in [1.54, 1.807) is 0 Å². The van der Waals surface area contributed by atoms with Crippen LogP contribution in [0.4, 0.5) is 0 Å². The Morgan fingerprint density at radius 1 is 0.321 bits per heavy atom. The molecule has 0 aromatic rings. The Hall–Kier alpha value is -2.86. The average Bonchev–Trinajstić information content (AvgIpc) is 3.26. The summed E-state index contributed by atoms with van der Waals surface area (Å²) in [7, 11) is 0. The van der Waals surface area contributed by atoms with Crippen molar-refractivity contribution in [2.24, 2.45) is 0 Å². The highest BCUT2D eigenvalue weighted by atomic mass is 14.3. The van der Waals surface area contributed by atoms with Gasteiger partial charge in [-0.1, -0.05) is 85.1 Å². The van der Waals surface area contributed by atoms with Crippen LogP contribution in [-0.2, 0) is 0 Å². The summed E-state index contributed by atoms with van der Waals surface area (Å²) in [6.45, 7) is 0. The monoisotopic (exact) mass is 362 g/mol. The molecule has 0 aliphatic heterocycles. The van der Waals surface area contributed by atoms with E-state index in [1.807, 2.05) is 0 Å². The maximum atomic E-state index is 2.48. The summed E-state index contributed by atoms with van der Waals surface area (Å²) in [6, 6.07) is 0. The van der Waals surface area contributed by atoms with Gasteiger partial charge in [-0.25, -0.2) is 0 Å². The molecule has 5 rings (SSSR count). The third kappa shape index (κ3) is 3.47. The lowest BCUT2D eigenvalue weighted by molar-refractivity contribution is 0.977. The van der Waals surface area contributed by atoms with Gasteiger partial charge in [0, 0.05) is 0 Å². The Bertz CT molecular complexity index is 948. The Balaban J connectivity index is 1.68. The summed E-state index contributed by atoms with van der Waals surface area (Å²) >= 11 is 0. The smallest absolute Gasteiger partial charge is 0.00201 e. The van der Waals surface area contributed by atoms with Gasteiger partial charge in [-0.2, -0.15) is 0 Å². The van der Waals surface area contributed by atoms with Crippen molar-refractivity contribution < 1.29 is 0 Å². The Kier molecular flexibility index (Phi) is 4.71. The number of allylic oxidation sites excluding steroid dienone is 22. The molecule has 0 heteroatoms. The van der Waals surface area contributed by atoms with Crippen LogP contribution in [0.1, 0.15) is 38.5 Å². The van der Waals surface area contributed by atoms with Gasteiger partial charge < -0.3 is 0 Å². The molecule has 0 spiro atoms. The molecule has 0 unspecified atom stereocenters.